The molecule has 0 radical (unpaired) electrons. The number of phosphoric acid groups is 1. The molecule has 1 saturated heterocycles. The minimum Gasteiger partial charge on any atom is -0.387 e. The summed E-state index contributed by atoms with van der Waals surface area (Å²) in [5.74, 6) is -0.605. The second kappa shape index (κ2) is 8.32. The fourth-order valence-corrected chi connectivity index (χ4v) is 3.90. The molecule has 2 rings (SSSR count). The number of carbonyl (C=O) groups excluding carboxylic acids is 1. The second-order valence-corrected chi connectivity index (χ2v) is 7.78. The van der Waals surface area contributed by atoms with Gasteiger partial charge in [0.2, 0.25) is 0 Å². The Balaban J connectivity index is 2.36. The number of aromatic nitrogens is 1. The number of hydrogen-bond acceptors (Lipinski definition) is 6. The van der Waals surface area contributed by atoms with E-state index in [1.165, 1.54) is 0 Å². The van der Waals surface area contributed by atoms with E-state index in [9.17, 15) is 19.6 Å². The Kier molecular flexibility index (Phi) is 6.75. The first-order valence-corrected chi connectivity index (χ1v) is 10.1. The first-order valence-electron chi connectivity index (χ1n) is 8.59. The van der Waals surface area contributed by atoms with Crippen molar-refractivity contribution in [2.45, 2.75) is 56.6 Å². The summed E-state index contributed by atoms with van der Waals surface area (Å²) in [5, 5.41) is 20.8. The van der Waals surface area contributed by atoms with Crippen molar-refractivity contribution in [1.29, 1.82) is 0 Å². The van der Waals surface area contributed by atoms with Crippen molar-refractivity contribution < 1.29 is 43.2 Å². The average molecular weight is 405 g/mol. The van der Waals surface area contributed by atoms with Crippen LogP contribution in [-0.2, 0) is 19.4 Å². The van der Waals surface area contributed by atoms with E-state index in [1.807, 2.05) is 13.8 Å². The number of carbonyl (C=O) groups is 1. The zero-order chi connectivity index (χ0) is 20.4. The van der Waals surface area contributed by atoms with Crippen molar-refractivity contribution in [3.8, 4) is 0 Å². The summed E-state index contributed by atoms with van der Waals surface area (Å²) in [5.41, 5.74) is 4.80. The molecule has 0 bridgehead atoms. The van der Waals surface area contributed by atoms with Gasteiger partial charge in [-0.25, -0.2) is 4.57 Å². The van der Waals surface area contributed by atoms with E-state index < -0.39 is 50.3 Å². The Labute approximate surface area is 156 Å². The van der Waals surface area contributed by atoms with Crippen LogP contribution in [0.3, 0.4) is 0 Å². The smallest absolute Gasteiger partial charge is 0.387 e. The molecule has 1 aromatic rings. The lowest BCUT2D eigenvalue weighted by atomic mass is 9.82. The number of amides is 1. The third-order valence-corrected chi connectivity index (χ3v) is 5.61. The van der Waals surface area contributed by atoms with Crippen LogP contribution in [0, 0.1) is 0 Å². The van der Waals surface area contributed by atoms with Gasteiger partial charge in [-0.15, -0.1) is 0 Å². The summed E-state index contributed by atoms with van der Waals surface area (Å²) >= 11 is 0. The Hall–Kier alpha value is -1.39. The van der Waals surface area contributed by atoms with Gasteiger partial charge >= 0.3 is 7.82 Å². The van der Waals surface area contributed by atoms with Crippen molar-refractivity contribution >= 4 is 13.7 Å². The third-order valence-electron chi connectivity index (χ3n) is 5.12. The maximum atomic E-state index is 11.5. The SMILES string of the molecule is CCC(CC)([C@@H]1O[C@H](COP(=O)(O)O)C(O)C1O)[n+]1cccc(C(N)=O)c1. The number of pyridine rings is 1. The van der Waals surface area contributed by atoms with E-state index in [2.05, 4.69) is 4.52 Å². The molecule has 2 unspecified atom stereocenters. The van der Waals surface area contributed by atoms with E-state index in [0.29, 0.717) is 12.8 Å². The van der Waals surface area contributed by atoms with Crippen LogP contribution in [0.5, 0.6) is 0 Å². The van der Waals surface area contributed by atoms with Gasteiger partial charge in [0.05, 0.1) is 6.61 Å². The number of hydrogen-bond donors (Lipinski definition) is 5. The second-order valence-electron chi connectivity index (χ2n) is 6.54. The van der Waals surface area contributed by atoms with Crippen molar-refractivity contribution in [2.75, 3.05) is 6.61 Å². The molecule has 1 amide bonds. The maximum absolute atomic E-state index is 11.5. The number of nitrogens with zero attached hydrogens (tertiary/aromatic N) is 1. The molecule has 0 aromatic carbocycles. The molecular formula is C16H26N2O8P+. The van der Waals surface area contributed by atoms with Crippen molar-refractivity contribution in [1.82, 2.24) is 0 Å². The fraction of sp³-hybridized carbons (Fsp3) is 0.625. The number of aliphatic hydroxyl groups is 2. The van der Waals surface area contributed by atoms with Gasteiger partial charge in [-0.3, -0.25) is 9.32 Å². The fourth-order valence-electron chi connectivity index (χ4n) is 3.56. The van der Waals surface area contributed by atoms with Crippen LogP contribution >= 0.6 is 7.82 Å². The van der Waals surface area contributed by atoms with Crippen LogP contribution in [0.15, 0.2) is 24.5 Å². The van der Waals surface area contributed by atoms with Gasteiger partial charge in [-0.2, -0.15) is 4.57 Å². The topological polar surface area (TPSA) is 163 Å². The molecule has 10 nitrogen and oxygen atoms in total. The van der Waals surface area contributed by atoms with Gasteiger partial charge in [0.1, 0.15) is 23.9 Å². The summed E-state index contributed by atoms with van der Waals surface area (Å²) in [7, 11) is -4.74. The first kappa shape index (κ1) is 21.9. The lowest BCUT2D eigenvalue weighted by Gasteiger charge is -2.33. The Bertz CT molecular complexity index is 720. The number of rotatable bonds is 8. The molecule has 27 heavy (non-hydrogen) atoms. The standard InChI is InChI=1S/C16H25N2O8P/c1-3-16(4-2,18-7-5-6-10(8-18)15(17)21)14-13(20)12(19)11(26-14)9-25-27(22,23)24/h5-8,11-14,19-20H,3-4,9H2,1-2H3,(H3-,17,21,22,23,24)/p+1/t11-,12?,13?,14-/m1/s1. The first-order chi connectivity index (χ1) is 12.6. The average Bonchev–Trinajstić information content (AvgIpc) is 2.90. The van der Waals surface area contributed by atoms with Gasteiger partial charge in [0, 0.05) is 18.9 Å². The molecule has 0 spiro atoms. The highest BCUT2D eigenvalue weighted by Crippen LogP contribution is 2.39. The monoisotopic (exact) mass is 405 g/mol. The number of ether oxygens (including phenoxy) is 1. The summed E-state index contributed by atoms with van der Waals surface area (Å²) in [6, 6.07) is 3.21. The molecule has 4 atom stereocenters. The van der Waals surface area contributed by atoms with Crippen LogP contribution < -0.4 is 10.3 Å². The van der Waals surface area contributed by atoms with E-state index in [0.717, 1.165) is 0 Å². The highest BCUT2D eigenvalue weighted by Gasteiger charge is 2.57. The van der Waals surface area contributed by atoms with Gasteiger partial charge in [-0.05, 0) is 6.07 Å². The van der Waals surface area contributed by atoms with E-state index in [-0.39, 0.29) is 5.56 Å². The number of phosphoric ester groups is 1. The van der Waals surface area contributed by atoms with Crippen molar-refractivity contribution in [3.63, 3.8) is 0 Å². The zero-order valence-electron chi connectivity index (χ0n) is 15.1. The molecule has 11 heteroatoms. The molecule has 2 heterocycles. The van der Waals surface area contributed by atoms with Crippen LogP contribution in [0.4, 0.5) is 0 Å². The largest absolute Gasteiger partial charge is 0.469 e. The summed E-state index contributed by atoms with van der Waals surface area (Å²) < 4.78 is 22.8. The highest BCUT2D eigenvalue weighted by atomic mass is 31.2. The number of primary amides is 1. The lowest BCUT2D eigenvalue weighted by molar-refractivity contribution is -0.775. The summed E-state index contributed by atoms with van der Waals surface area (Å²) in [4.78, 5) is 29.2. The van der Waals surface area contributed by atoms with Gasteiger partial charge in [0.25, 0.3) is 5.91 Å². The maximum Gasteiger partial charge on any atom is 0.469 e. The van der Waals surface area contributed by atoms with E-state index >= 15 is 0 Å². The van der Waals surface area contributed by atoms with E-state index in [4.69, 9.17) is 20.3 Å². The number of aliphatic hydroxyl groups excluding tert-OH is 2. The normalized spacial score (nSPS) is 26.3. The molecule has 1 aromatic heterocycles. The Morgan fingerprint density at radius 3 is 2.48 bits per heavy atom. The van der Waals surface area contributed by atoms with Crippen LogP contribution in [0.25, 0.3) is 0 Å². The Morgan fingerprint density at radius 1 is 1.33 bits per heavy atom. The quantitative estimate of drug-likeness (QED) is 0.277. The van der Waals surface area contributed by atoms with Gasteiger partial charge in [0.15, 0.2) is 24.0 Å². The summed E-state index contributed by atoms with van der Waals surface area (Å²) in [6.07, 6.45) is -0.498. The minimum absolute atomic E-state index is 0.276. The Morgan fingerprint density at radius 2 is 1.96 bits per heavy atom. The van der Waals surface area contributed by atoms with Crippen LogP contribution in [-0.4, -0.2) is 56.9 Å². The molecule has 152 valence electrons. The van der Waals surface area contributed by atoms with E-state index in [1.54, 1.807) is 29.1 Å². The molecular weight excluding hydrogens is 379 g/mol. The number of nitrogens with two attached hydrogens (primary N) is 1. The minimum atomic E-state index is -4.74. The van der Waals surface area contributed by atoms with Crippen molar-refractivity contribution in [3.05, 3.63) is 30.1 Å². The highest BCUT2D eigenvalue weighted by molar-refractivity contribution is 7.46. The predicted molar refractivity (Wildman–Crippen MR) is 92.4 cm³/mol. The molecule has 6 N–H and O–H groups in total. The molecule has 1 aliphatic rings. The van der Waals surface area contributed by atoms with Crippen LogP contribution in [0.2, 0.25) is 0 Å². The molecule has 0 saturated carbocycles. The lowest BCUT2D eigenvalue weighted by Crippen LogP contribution is -2.65. The zero-order valence-corrected chi connectivity index (χ0v) is 16.0. The summed E-state index contributed by atoms with van der Waals surface area (Å²) in [6.45, 7) is 3.17. The van der Waals surface area contributed by atoms with Gasteiger partial charge < -0.3 is 30.5 Å². The van der Waals surface area contributed by atoms with Gasteiger partial charge in [-0.1, -0.05) is 13.8 Å². The third kappa shape index (κ3) is 4.55. The van der Waals surface area contributed by atoms with Crippen molar-refractivity contribution in [2.24, 2.45) is 5.73 Å². The molecule has 1 aliphatic heterocycles. The predicted octanol–water partition coefficient (Wildman–Crippen LogP) is -0.813. The molecule has 0 aliphatic carbocycles. The van der Waals surface area contributed by atoms with Crippen LogP contribution in [0.1, 0.15) is 37.0 Å². The molecule has 1 fully saturated rings.